The Balaban J connectivity index is 1.65. The molecule has 0 unspecified atom stereocenters. The van der Waals surface area contributed by atoms with E-state index in [2.05, 4.69) is 20.8 Å². The quantitative estimate of drug-likeness (QED) is 0.669. The van der Waals surface area contributed by atoms with Crippen LogP contribution in [0.2, 0.25) is 5.02 Å². The number of hydrogen-bond acceptors (Lipinski definition) is 6. The molecule has 0 radical (unpaired) electrons. The van der Waals surface area contributed by atoms with Gasteiger partial charge >= 0.3 is 0 Å². The summed E-state index contributed by atoms with van der Waals surface area (Å²) in [5, 5.41) is 14.2. The van der Waals surface area contributed by atoms with Crippen LogP contribution in [0.4, 0.5) is 0 Å². The van der Waals surface area contributed by atoms with Gasteiger partial charge in [-0.1, -0.05) is 17.7 Å². The van der Waals surface area contributed by atoms with Gasteiger partial charge in [0.1, 0.15) is 6.33 Å². The molecule has 1 amide bonds. The summed E-state index contributed by atoms with van der Waals surface area (Å²) in [6, 6.07) is 10.7. The largest absolute Gasteiger partial charge is 0.493 e. The van der Waals surface area contributed by atoms with E-state index in [0.29, 0.717) is 40.7 Å². The summed E-state index contributed by atoms with van der Waals surface area (Å²) >= 11 is 6.17. The summed E-state index contributed by atoms with van der Waals surface area (Å²) in [7, 11) is 3.17. The van der Waals surface area contributed by atoms with Gasteiger partial charge in [-0.25, -0.2) is 4.68 Å². The summed E-state index contributed by atoms with van der Waals surface area (Å²) < 4.78 is 12.0. The number of carbonyl (C=O) groups is 1. The van der Waals surface area contributed by atoms with Crippen LogP contribution in [0.3, 0.4) is 0 Å². The van der Waals surface area contributed by atoms with Crippen molar-refractivity contribution in [2.45, 2.75) is 6.42 Å². The number of rotatable bonds is 7. The summed E-state index contributed by atoms with van der Waals surface area (Å²) in [5.74, 6) is 1.05. The molecule has 3 aromatic rings. The van der Waals surface area contributed by atoms with E-state index in [-0.39, 0.29) is 5.91 Å². The van der Waals surface area contributed by atoms with Crippen molar-refractivity contribution in [2.75, 3.05) is 20.8 Å². The maximum atomic E-state index is 12.5. The molecule has 9 heteroatoms. The minimum Gasteiger partial charge on any atom is -0.493 e. The lowest BCUT2D eigenvalue weighted by atomic mass is 10.1. The van der Waals surface area contributed by atoms with Crippen LogP contribution in [0.5, 0.6) is 11.5 Å². The van der Waals surface area contributed by atoms with Crippen LogP contribution < -0.4 is 14.8 Å². The third kappa shape index (κ3) is 4.35. The van der Waals surface area contributed by atoms with E-state index in [4.69, 9.17) is 21.1 Å². The fraction of sp³-hybridized carbons (Fsp3) is 0.222. The average Bonchev–Trinajstić information content (AvgIpc) is 3.23. The molecule has 2 aromatic carbocycles. The molecule has 0 saturated heterocycles. The highest BCUT2D eigenvalue weighted by Gasteiger charge is 2.12. The van der Waals surface area contributed by atoms with E-state index in [1.54, 1.807) is 32.4 Å². The van der Waals surface area contributed by atoms with Crippen molar-refractivity contribution < 1.29 is 14.3 Å². The molecule has 0 saturated carbocycles. The van der Waals surface area contributed by atoms with E-state index in [1.165, 1.54) is 11.0 Å². The maximum absolute atomic E-state index is 12.5. The number of carbonyl (C=O) groups excluding carboxylic acids is 1. The van der Waals surface area contributed by atoms with Gasteiger partial charge in [-0.3, -0.25) is 4.79 Å². The number of methoxy groups -OCH3 is 2. The van der Waals surface area contributed by atoms with Crippen molar-refractivity contribution >= 4 is 17.5 Å². The predicted molar refractivity (Wildman–Crippen MR) is 99.7 cm³/mol. The number of halogens is 1. The van der Waals surface area contributed by atoms with Crippen molar-refractivity contribution in [3.8, 4) is 17.2 Å². The molecule has 1 heterocycles. The number of hydrogen-bond donors (Lipinski definition) is 1. The number of nitrogens with one attached hydrogen (secondary N) is 1. The van der Waals surface area contributed by atoms with E-state index >= 15 is 0 Å². The maximum Gasteiger partial charge on any atom is 0.252 e. The van der Waals surface area contributed by atoms with Crippen molar-refractivity contribution in [2.24, 2.45) is 0 Å². The van der Waals surface area contributed by atoms with Crippen molar-refractivity contribution in [3.05, 3.63) is 58.9 Å². The molecule has 3 rings (SSSR count). The topological polar surface area (TPSA) is 91.2 Å². The molecule has 0 fully saturated rings. The molecule has 0 aliphatic heterocycles. The van der Waals surface area contributed by atoms with E-state index in [0.717, 1.165) is 5.56 Å². The molecule has 8 nitrogen and oxygen atoms in total. The lowest BCUT2D eigenvalue weighted by Crippen LogP contribution is -2.26. The molecule has 140 valence electrons. The van der Waals surface area contributed by atoms with Gasteiger partial charge in [0.25, 0.3) is 5.91 Å². The van der Waals surface area contributed by atoms with Gasteiger partial charge in [-0.2, -0.15) is 0 Å². The fourth-order valence-electron chi connectivity index (χ4n) is 2.56. The Bertz CT molecular complexity index is 931. The second-order valence-electron chi connectivity index (χ2n) is 5.61. The molecule has 1 N–H and O–H groups in total. The zero-order chi connectivity index (χ0) is 19.2. The van der Waals surface area contributed by atoms with Gasteiger partial charge in [-0.15, -0.1) is 5.10 Å². The van der Waals surface area contributed by atoms with E-state index in [9.17, 15) is 4.79 Å². The van der Waals surface area contributed by atoms with Crippen LogP contribution in [0.25, 0.3) is 5.69 Å². The third-order valence-corrected chi connectivity index (χ3v) is 4.28. The first kappa shape index (κ1) is 18.7. The number of aromatic nitrogens is 4. The summed E-state index contributed by atoms with van der Waals surface area (Å²) in [5.41, 5.74) is 2.02. The molecular weight excluding hydrogens is 370 g/mol. The second kappa shape index (κ2) is 8.50. The van der Waals surface area contributed by atoms with Gasteiger partial charge in [0.2, 0.25) is 0 Å². The van der Waals surface area contributed by atoms with Gasteiger partial charge < -0.3 is 14.8 Å². The first-order chi connectivity index (χ1) is 13.1. The number of nitrogens with zero attached hydrogens (tertiary/aromatic N) is 4. The minimum atomic E-state index is -0.268. The van der Waals surface area contributed by atoms with Crippen LogP contribution >= 0.6 is 11.6 Å². The second-order valence-corrected chi connectivity index (χ2v) is 6.02. The fourth-order valence-corrected chi connectivity index (χ4v) is 2.76. The molecule has 0 aliphatic rings. The molecule has 0 bridgehead atoms. The highest BCUT2D eigenvalue weighted by Crippen LogP contribution is 2.27. The zero-order valence-electron chi connectivity index (χ0n) is 14.8. The Hall–Kier alpha value is -3.13. The third-order valence-electron chi connectivity index (χ3n) is 3.96. The Morgan fingerprint density at radius 2 is 1.96 bits per heavy atom. The van der Waals surface area contributed by atoms with E-state index < -0.39 is 0 Å². The predicted octanol–water partition coefficient (Wildman–Crippen LogP) is 2.31. The number of tetrazole rings is 1. The molecular formula is C18H18ClN5O3. The number of amides is 1. The molecule has 1 aromatic heterocycles. The van der Waals surface area contributed by atoms with Gasteiger partial charge in [0.15, 0.2) is 11.5 Å². The van der Waals surface area contributed by atoms with Crippen LogP contribution in [0, 0.1) is 0 Å². The van der Waals surface area contributed by atoms with Gasteiger partial charge in [0, 0.05) is 6.54 Å². The van der Waals surface area contributed by atoms with Gasteiger partial charge in [0.05, 0.1) is 30.5 Å². The van der Waals surface area contributed by atoms with Crippen LogP contribution in [-0.4, -0.2) is 46.9 Å². The first-order valence-corrected chi connectivity index (χ1v) is 8.52. The molecule has 0 atom stereocenters. The monoisotopic (exact) mass is 387 g/mol. The van der Waals surface area contributed by atoms with E-state index in [1.807, 2.05) is 18.2 Å². The molecule has 0 spiro atoms. The van der Waals surface area contributed by atoms with Crippen LogP contribution in [0.15, 0.2) is 42.7 Å². The van der Waals surface area contributed by atoms with Crippen molar-refractivity contribution in [1.82, 2.24) is 25.5 Å². The summed E-state index contributed by atoms with van der Waals surface area (Å²) in [6.45, 7) is 0.444. The Kier molecular flexibility index (Phi) is 5.87. The Morgan fingerprint density at radius 1 is 1.15 bits per heavy atom. The standard InChI is InChI=1S/C18H18ClN5O3/c1-26-16-6-3-12(9-17(16)27-2)7-8-20-18(25)14-10-13(4-5-15(14)19)24-11-21-22-23-24/h3-6,9-11H,7-8H2,1-2H3,(H,20,25). The summed E-state index contributed by atoms with van der Waals surface area (Å²) in [4.78, 5) is 12.5. The minimum absolute atomic E-state index is 0.268. The zero-order valence-corrected chi connectivity index (χ0v) is 15.6. The highest BCUT2D eigenvalue weighted by atomic mass is 35.5. The first-order valence-electron chi connectivity index (χ1n) is 8.14. The highest BCUT2D eigenvalue weighted by molar-refractivity contribution is 6.33. The van der Waals surface area contributed by atoms with Crippen molar-refractivity contribution in [1.29, 1.82) is 0 Å². The van der Waals surface area contributed by atoms with Crippen LogP contribution in [0.1, 0.15) is 15.9 Å². The number of ether oxygens (including phenoxy) is 2. The normalized spacial score (nSPS) is 10.5. The smallest absolute Gasteiger partial charge is 0.252 e. The SMILES string of the molecule is COc1ccc(CCNC(=O)c2cc(-n3cnnn3)ccc2Cl)cc1OC. The Morgan fingerprint density at radius 3 is 2.67 bits per heavy atom. The van der Waals surface area contributed by atoms with Crippen LogP contribution in [-0.2, 0) is 6.42 Å². The Labute approximate surface area is 161 Å². The molecule has 0 aliphatic carbocycles. The summed E-state index contributed by atoms with van der Waals surface area (Å²) in [6.07, 6.45) is 2.08. The molecule has 27 heavy (non-hydrogen) atoms. The lowest BCUT2D eigenvalue weighted by Gasteiger charge is -2.11. The van der Waals surface area contributed by atoms with Crippen molar-refractivity contribution in [3.63, 3.8) is 0 Å². The number of benzene rings is 2. The lowest BCUT2D eigenvalue weighted by molar-refractivity contribution is 0.0954. The average molecular weight is 388 g/mol. The van der Waals surface area contributed by atoms with Gasteiger partial charge in [-0.05, 0) is 52.7 Å².